The lowest BCUT2D eigenvalue weighted by molar-refractivity contribution is 0.590. The summed E-state index contributed by atoms with van der Waals surface area (Å²) in [7, 11) is 4.14. The van der Waals surface area contributed by atoms with Gasteiger partial charge in [0.1, 0.15) is 0 Å². The second-order valence-corrected chi connectivity index (χ2v) is 7.60. The predicted molar refractivity (Wildman–Crippen MR) is 103 cm³/mol. The van der Waals surface area contributed by atoms with Crippen molar-refractivity contribution in [1.82, 2.24) is 0 Å². The Hall–Kier alpha value is -1.96. The Morgan fingerprint density at radius 3 is 1.96 bits per heavy atom. The molecule has 0 fully saturated rings. The Morgan fingerprint density at radius 1 is 0.913 bits per heavy atom. The average Bonchev–Trinajstić information content (AvgIpc) is 2.52. The van der Waals surface area contributed by atoms with E-state index in [0.717, 1.165) is 6.54 Å². The number of nitrogens with zero attached hydrogens (tertiary/aromatic N) is 1. The lowest BCUT2D eigenvalue weighted by Crippen LogP contribution is -2.12. The summed E-state index contributed by atoms with van der Waals surface area (Å²) >= 11 is 0. The summed E-state index contributed by atoms with van der Waals surface area (Å²) in [6, 6.07) is 17.6. The van der Waals surface area contributed by atoms with Crippen LogP contribution in [0.1, 0.15) is 44.7 Å². The SMILES string of the molecule is CC(CNc1ccc(C(C)(C)C)cc1)c1ccc(N(C)C)cc1. The Morgan fingerprint density at radius 2 is 1.48 bits per heavy atom. The van der Waals surface area contributed by atoms with Crippen LogP contribution in [0.5, 0.6) is 0 Å². The van der Waals surface area contributed by atoms with Crippen molar-refractivity contribution in [3.8, 4) is 0 Å². The Bertz CT molecular complexity index is 604. The van der Waals surface area contributed by atoms with E-state index in [2.05, 4.69) is 101 Å². The molecule has 23 heavy (non-hydrogen) atoms. The van der Waals surface area contributed by atoms with Crippen LogP contribution in [0, 0.1) is 0 Å². The van der Waals surface area contributed by atoms with E-state index in [4.69, 9.17) is 0 Å². The molecule has 2 rings (SSSR count). The Kier molecular flexibility index (Phi) is 5.35. The summed E-state index contributed by atoms with van der Waals surface area (Å²) in [4.78, 5) is 2.13. The van der Waals surface area contributed by atoms with Crippen molar-refractivity contribution in [3.63, 3.8) is 0 Å². The van der Waals surface area contributed by atoms with Gasteiger partial charge in [0.05, 0.1) is 0 Å². The largest absolute Gasteiger partial charge is 0.384 e. The molecule has 1 N–H and O–H groups in total. The van der Waals surface area contributed by atoms with Crippen molar-refractivity contribution in [2.75, 3.05) is 30.9 Å². The molecule has 0 spiro atoms. The van der Waals surface area contributed by atoms with Crippen molar-refractivity contribution in [3.05, 3.63) is 59.7 Å². The van der Waals surface area contributed by atoms with Crippen molar-refractivity contribution in [2.45, 2.75) is 39.0 Å². The molecule has 0 heterocycles. The van der Waals surface area contributed by atoms with Crippen LogP contribution < -0.4 is 10.2 Å². The van der Waals surface area contributed by atoms with Crippen molar-refractivity contribution >= 4 is 11.4 Å². The standard InChI is InChI=1S/C21H30N2/c1-16(17-7-13-20(14-8-17)23(5)6)15-22-19-11-9-18(10-12-19)21(2,3)4/h7-14,16,22H,15H2,1-6H3. The molecule has 1 atom stereocenters. The van der Waals surface area contributed by atoms with E-state index >= 15 is 0 Å². The van der Waals surface area contributed by atoms with E-state index in [0.29, 0.717) is 5.92 Å². The van der Waals surface area contributed by atoms with Gasteiger partial charge in [-0.3, -0.25) is 0 Å². The molecule has 0 aliphatic heterocycles. The van der Waals surface area contributed by atoms with Gasteiger partial charge >= 0.3 is 0 Å². The van der Waals surface area contributed by atoms with E-state index in [9.17, 15) is 0 Å². The Balaban J connectivity index is 1.94. The summed E-state index contributed by atoms with van der Waals surface area (Å²) in [6.07, 6.45) is 0. The number of hydrogen-bond acceptors (Lipinski definition) is 2. The molecular formula is C21H30N2. The molecule has 2 aromatic rings. The summed E-state index contributed by atoms with van der Waals surface area (Å²) in [5.41, 5.74) is 5.38. The first-order valence-corrected chi connectivity index (χ1v) is 8.39. The molecule has 0 aliphatic rings. The van der Waals surface area contributed by atoms with Gasteiger partial charge in [0, 0.05) is 32.0 Å². The number of anilines is 2. The smallest absolute Gasteiger partial charge is 0.0361 e. The topological polar surface area (TPSA) is 15.3 Å². The van der Waals surface area contributed by atoms with Gasteiger partial charge in [-0.25, -0.2) is 0 Å². The predicted octanol–water partition coefficient (Wildman–Crippen LogP) is 5.27. The fourth-order valence-corrected chi connectivity index (χ4v) is 2.58. The molecule has 0 saturated carbocycles. The summed E-state index contributed by atoms with van der Waals surface area (Å²) in [5, 5.41) is 3.55. The van der Waals surface area contributed by atoms with Gasteiger partial charge in [-0.1, -0.05) is 52.0 Å². The maximum absolute atomic E-state index is 3.55. The first kappa shape index (κ1) is 17.4. The monoisotopic (exact) mass is 310 g/mol. The highest BCUT2D eigenvalue weighted by Crippen LogP contribution is 2.24. The third-order valence-electron chi connectivity index (χ3n) is 4.34. The highest BCUT2D eigenvalue weighted by molar-refractivity contribution is 5.48. The molecule has 0 aromatic heterocycles. The maximum atomic E-state index is 3.55. The van der Waals surface area contributed by atoms with Gasteiger partial charge < -0.3 is 10.2 Å². The van der Waals surface area contributed by atoms with Gasteiger partial charge in [-0.2, -0.15) is 0 Å². The minimum absolute atomic E-state index is 0.208. The van der Waals surface area contributed by atoms with Crippen LogP contribution in [-0.4, -0.2) is 20.6 Å². The Labute approximate surface area is 141 Å². The van der Waals surface area contributed by atoms with Gasteiger partial charge in [0.2, 0.25) is 0 Å². The van der Waals surface area contributed by atoms with Crippen LogP contribution in [0.2, 0.25) is 0 Å². The van der Waals surface area contributed by atoms with Gasteiger partial charge in [0.15, 0.2) is 0 Å². The first-order valence-electron chi connectivity index (χ1n) is 8.39. The van der Waals surface area contributed by atoms with Crippen LogP contribution >= 0.6 is 0 Å². The molecule has 0 radical (unpaired) electrons. The molecule has 1 unspecified atom stereocenters. The van der Waals surface area contributed by atoms with Crippen LogP contribution in [-0.2, 0) is 5.41 Å². The van der Waals surface area contributed by atoms with Gasteiger partial charge in [-0.05, 0) is 46.7 Å². The highest BCUT2D eigenvalue weighted by atomic mass is 15.1. The molecule has 0 aliphatic carbocycles. The molecule has 2 nitrogen and oxygen atoms in total. The number of hydrogen-bond donors (Lipinski definition) is 1. The van der Waals surface area contributed by atoms with Crippen molar-refractivity contribution in [2.24, 2.45) is 0 Å². The lowest BCUT2D eigenvalue weighted by atomic mass is 9.87. The molecule has 2 heteroatoms. The molecule has 2 aromatic carbocycles. The number of nitrogens with one attached hydrogen (secondary N) is 1. The first-order chi connectivity index (χ1) is 10.8. The van der Waals surface area contributed by atoms with E-state index in [1.54, 1.807) is 0 Å². The molecule has 0 saturated heterocycles. The summed E-state index contributed by atoms with van der Waals surface area (Å²) < 4.78 is 0. The van der Waals surface area contributed by atoms with Crippen LogP contribution in [0.4, 0.5) is 11.4 Å². The fraction of sp³-hybridized carbons (Fsp3) is 0.429. The minimum atomic E-state index is 0.208. The molecule has 0 bridgehead atoms. The fourth-order valence-electron chi connectivity index (χ4n) is 2.58. The highest BCUT2D eigenvalue weighted by Gasteiger charge is 2.13. The zero-order valence-corrected chi connectivity index (χ0v) is 15.4. The van der Waals surface area contributed by atoms with E-state index in [-0.39, 0.29) is 5.41 Å². The second kappa shape index (κ2) is 7.08. The number of benzene rings is 2. The summed E-state index contributed by atoms with van der Waals surface area (Å²) in [5.74, 6) is 0.480. The third-order valence-corrected chi connectivity index (χ3v) is 4.34. The molecular weight excluding hydrogens is 280 g/mol. The van der Waals surface area contributed by atoms with Crippen LogP contribution in [0.15, 0.2) is 48.5 Å². The van der Waals surface area contributed by atoms with Crippen LogP contribution in [0.25, 0.3) is 0 Å². The van der Waals surface area contributed by atoms with Crippen molar-refractivity contribution < 1.29 is 0 Å². The van der Waals surface area contributed by atoms with Gasteiger partial charge in [0.25, 0.3) is 0 Å². The number of rotatable bonds is 5. The second-order valence-electron chi connectivity index (χ2n) is 7.60. The van der Waals surface area contributed by atoms with Crippen molar-refractivity contribution in [1.29, 1.82) is 0 Å². The zero-order chi connectivity index (χ0) is 17.0. The quantitative estimate of drug-likeness (QED) is 0.809. The minimum Gasteiger partial charge on any atom is -0.384 e. The lowest BCUT2D eigenvalue weighted by Gasteiger charge is -2.20. The average molecular weight is 310 g/mol. The zero-order valence-electron chi connectivity index (χ0n) is 15.4. The van der Waals surface area contributed by atoms with Gasteiger partial charge in [-0.15, -0.1) is 0 Å². The van der Waals surface area contributed by atoms with Crippen LogP contribution in [0.3, 0.4) is 0 Å². The maximum Gasteiger partial charge on any atom is 0.0361 e. The van der Waals surface area contributed by atoms with E-state index in [1.165, 1.54) is 22.5 Å². The van der Waals surface area contributed by atoms with E-state index in [1.807, 2.05) is 0 Å². The summed E-state index contributed by atoms with van der Waals surface area (Å²) in [6.45, 7) is 9.94. The van der Waals surface area contributed by atoms with E-state index < -0.39 is 0 Å². The molecule has 0 amide bonds. The third kappa shape index (κ3) is 4.75. The molecule has 124 valence electrons. The normalized spacial score (nSPS) is 12.8.